The number of halogens is 2. The molecule has 0 saturated carbocycles. The molecule has 0 atom stereocenters. The maximum absolute atomic E-state index is 14.4. The largest absolute Gasteiger partial charge is 0.337 e. The molecule has 3 aromatic rings. The van der Waals surface area contributed by atoms with E-state index in [-0.39, 0.29) is 11.7 Å². The van der Waals surface area contributed by atoms with Crippen molar-refractivity contribution in [3.63, 3.8) is 0 Å². The van der Waals surface area contributed by atoms with Gasteiger partial charge in [0.05, 0.1) is 4.47 Å². The van der Waals surface area contributed by atoms with Gasteiger partial charge in [0.2, 0.25) is 5.95 Å². The van der Waals surface area contributed by atoms with Gasteiger partial charge in [0.15, 0.2) is 5.69 Å². The van der Waals surface area contributed by atoms with Gasteiger partial charge in [-0.25, -0.2) is 19.0 Å². The topological polar surface area (TPSA) is 67.2 Å². The molecule has 1 saturated heterocycles. The molecule has 2 aliphatic rings. The number of para-hydroxylation sites is 1. The third-order valence-electron chi connectivity index (χ3n) is 5.67. The average molecular weight is 471 g/mol. The van der Waals surface area contributed by atoms with Crippen LogP contribution >= 0.6 is 15.9 Å². The second kappa shape index (κ2) is 7.79. The number of hydrogen-bond donors (Lipinski definition) is 0. The fraction of sp³-hybridized carbons (Fsp3) is 0.333. The van der Waals surface area contributed by atoms with Gasteiger partial charge in [0, 0.05) is 49.8 Å². The van der Waals surface area contributed by atoms with Gasteiger partial charge < -0.3 is 9.80 Å². The Kier molecular flexibility index (Phi) is 4.98. The van der Waals surface area contributed by atoms with Crippen LogP contribution in [0.3, 0.4) is 0 Å². The molecular weight excluding hydrogens is 451 g/mol. The van der Waals surface area contributed by atoms with E-state index in [0.717, 1.165) is 35.0 Å². The molecular formula is C21H20BrFN6O. The van der Waals surface area contributed by atoms with Crippen LogP contribution < -0.4 is 4.90 Å². The number of anilines is 1. The molecule has 1 amide bonds. The highest BCUT2D eigenvalue weighted by Crippen LogP contribution is 2.29. The van der Waals surface area contributed by atoms with E-state index in [9.17, 15) is 9.18 Å². The van der Waals surface area contributed by atoms with Crippen molar-refractivity contribution in [1.29, 1.82) is 0 Å². The van der Waals surface area contributed by atoms with Crippen LogP contribution in [0.2, 0.25) is 0 Å². The lowest BCUT2D eigenvalue weighted by atomic mass is 10.1. The van der Waals surface area contributed by atoms with E-state index in [0.29, 0.717) is 43.5 Å². The van der Waals surface area contributed by atoms with Crippen molar-refractivity contribution in [2.45, 2.75) is 19.3 Å². The van der Waals surface area contributed by atoms with Crippen LogP contribution in [0.1, 0.15) is 28.2 Å². The number of benzene rings is 1. The Balaban J connectivity index is 1.37. The molecule has 1 aromatic carbocycles. The highest BCUT2D eigenvalue weighted by atomic mass is 79.9. The molecule has 30 heavy (non-hydrogen) atoms. The third-order valence-corrected chi connectivity index (χ3v) is 6.08. The maximum atomic E-state index is 14.4. The highest BCUT2D eigenvalue weighted by molar-refractivity contribution is 9.10. The molecule has 9 heteroatoms. The van der Waals surface area contributed by atoms with Crippen molar-refractivity contribution >= 4 is 27.8 Å². The molecule has 0 spiro atoms. The molecule has 5 rings (SSSR count). The van der Waals surface area contributed by atoms with Crippen LogP contribution in [0.5, 0.6) is 0 Å². The number of aromatic nitrogens is 4. The molecule has 7 nitrogen and oxygen atoms in total. The summed E-state index contributed by atoms with van der Waals surface area (Å²) < 4.78 is 16.8. The predicted octanol–water partition coefficient (Wildman–Crippen LogP) is 3.02. The van der Waals surface area contributed by atoms with Gasteiger partial charge in [-0.3, -0.25) is 4.79 Å². The standard InChI is InChI=1S/C21H20BrFN6O/c22-14-12-24-21(25-13-14)28-10-8-27(9-11-28)20(30)19-15-4-3-7-17(15)29(26-19)18-6-2-1-5-16(18)23/h1-2,5-6,12-13H,3-4,7-11H2. The van der Waals surface area contributed by atoms with Crippen molar-refractivity contribution in [1.82, 2.24) is 24.6 Å². The normalized spacial score (nSPS) is 16.1. The van der Waals surface area contributed by atoms with Crippen molar-refractivity contribution in [3.8, 4) is 5.69 Å². The number of piperazine rings is 1. The van der Waals surface area contributed by atoms with E-state index in [1.165, 1.54) is 6.07 Å². The minimum absolute atomic E-state index is 0.0837. The van der Waals surface area contributed by atoms with Crippen molar-refractivity contribution in [2.75, 3.05) is 31.1 Å². The summed E-state index contributed by atoms with van der Waals surface area (Å²) in [6, 6.07) is 6.56. The zero-order valence-corrected chi connectivity index (χ0v) is 17.8. The van der Waals surface area contributed by atoms with Gasteiger partial charge in [-0.1, -0.05) is 12.1 Å². The summed E-state index contributed by atoms with van der Waals surface area (Å²) in [4.78, 5) is 25.8. The maximum Gasteiger partial charge on any atom is 0.274 e. The van der Waals surface area contributed by atoms with Crippen LogP contribution in [-0.2, 0) is 12.8 Å². The molecule has 0 N–H and O–H groups in total. The number of nitrogens with zero attached hydrogens (tertiary/aromatic N) is 6. The number of fused-ring (bicyclic) bond motifs is 1. The minimum atomic E-state index is -0.336. The first-order valence-corrected chi connectivity index (χ1v) is 10.8. The average Bonchev–Trinajstić information content (AvgIpc) is 3.38. The summed E-state index contributed by atoms with van der Waals surface area (Å²) in [7, 11) is 0. The van der Waals surface area contributed by atoms with E-state index in [4.69, 9.17) is 0 Å². The Labute approximate surface area is 181 Å². The Morgan fingerprint density at radius 2 is 1.77 bits per heavy atom. The highest BCUT2D eigenvalue weighted by Gasteiger charge is 2.31. The van der Waals surface area contributed by atoms with E-state index in [2.05, 4.69) is 35.9 Å². The van der Waals surface area contributed by atoms with Crippen molar-refractivity contribution in [3.05, 3.63) is 63.9 Å². The van der Waals surface area contributed by atoms with Gasteiger partial charge in [-0.05, 0) is 47.3 Å². The SMILES string of the molecule is O=C(c1nn(-c2ccccc2F)c2c1CCC2)N1CCN(c2ncc(Br)cn2)CC1. The van der Waals surface area contributed by atoms with Crippen molar-refractivity contribution < 1.29 is 9.18 Å². The van der Waals surface area contributed by atoms with Crippen LogP contribution in [0.25, 0.3) is 5.69 Å². The van der Waals surface area contributed by atoms with Gasteiger partial charge >= 0.3 is 0 Å². The number of carbonyl (C=O) groups excluding carboxylic acids is 1. The molecule has 1 aliphatic carbocycles. The third kappa shape index (κ3) is 3.36. The first-order valence-electron chi connectivity index (χ1n) is 9.99. The summed E-state index contributed by atoms with van der Waals surface area (Å²) >= 11 is 3.34. The van der Waals surface area contributed by atoms with E-state index in [1.54, 1.807) is 35.3 Å². The smallest absolute Gasteiger partial charge is 0.274 e. The molecule has 0 unspecified atom stereocenters. The van der Waals surface area contributed by atoms with Crippen LogP contribution in [-0.4, -0.2) is 56.7 Å². The van der Waals surface area contributed by atoms with E-state index in [1.807, 2.05) is 4.90 Å². The zero-order valence-electron chi connectivity index (χ0n) is 16.3. The summed E-state index contributed by atoms with van der Waals surface area (Å²) in [5.41, 5.74) is 2.76. The second-order valence-electron chi connectivity index (χ2n) is 7.47. The first kappa shape index (κ1) is 19.2. The fourth-order valence-corrected chi connectivity index (χ4v) is 4.36. The van der Waals surface area contributed by atoms with Gasteiger partial charge in [-0.2, -0.15) is 5.10 Å². The lowest BCUT2D eigenvalue weighted by Crippen LogP contribution is -2.49. The Bertz CT molecular complexity index is 1090. The van der Waals surface area contributed by atoms with Crippen LogP contribution in [0, 0.1) is 5.82 Å². The summed E-state index contributed by atoms with van der Waals surface area (Å²) in [5.74, 6) is 0.242. The Morgan fingerprint density at radius 3 is 2.50 bits per heavy atom. The monoisotopic (exact) mass is 470 g/mol. The molecule has 1 aliphatic heterocycles. The number of amides is 1. The molecule has 154 valence electrons. The van der Waals surface area contributed by atoms with Gasteiger partial charge in [0.1, 0.15) is 11.5 Å². The predicted molar refractivity (Wildman–Crippen MR) is 113 cm³/mol. The number of rotatable bonds is 3. The van der Waals surface area contributed by atoms with Crippen LogP contribution in [0.4, 0.5) is 10.3 Å². The van der Waals surface area contributed by atoms with E-state index >= 15 is 0 Å². The second-order valence-corrected chi connectivity index (χ2v) is 8.39. The fourth-order valence-electron chi connectivity index (χ4n) is 4.16. The molecule has 3 heterocycles. The molecule has 2 aromatic heterocycles. The molecule has 0 radical (unpaired) electrons. The number of carbonyl (C=O) groups is 1. The molecule has 0 bridgehead atoms. The quantitative estimate of drug-likeness (QED) is 0.588. The first-order chi connectivity index (χ1) is 14.6. The van der Waals surface area contributed by atoms with Crippen LogP contribution in [0.15, 0.2) is 41.1 Å². The number of hydrogen-bond acceptors (Lipinski definition) is 5. The summed E-state index contributed by atoms with van der Waals surface area (Å²) in [6.45, 7) is 2.45. The lowest BCUT2D eigenvalue weighted by Gasteiger charge is -2.34. The minimum Gasteiger partial charge on any atom is -0.337 e. The Hall–Kier alpha value is -2.81. The van der Waals surface area contributed by atoms with Gasteiger partial charge in [0.25, 0.3) is 5.91 Å². The lowest BCUT2D eigenvalue weighted by molar-refractivity contribution is 0.0738. The van der Waals surface area contributed by atoms with E-state index < -0.39 is 0 Å². The zero-order chi connectivity index (χ0) is 20.7. The van der Waals surface area contributed by atoms with Gasteiger partial charge in [-0.15, -0.1) is 0 Å². The molecule has 1 fully saturated rings. The summed E-state index contributed by atoms with van der Waals surface area (Å²) in [6.07, 6.45) is 6.00. The van der Waals surface area contributed by atoms with Crippen molar-refractivity contribution in [2.24, 2.45) is 0 Å². The summed E-state index contributed by atoms with van der Waals surface area (Å²) in [5, 5.41) is 4.57. The Morgan fingerprint density at radius 1 is 1.03 bits per heavy atom.